The number of carbonyl (C=O) groups excluding carboxylic acids is 1. The van der Waals surface area contributed by atoms with Crippen molar-refractivity contribution in [2.24, 2.45) is 5.73 Å². The molecule has 0 bridgehead atoms. The van der Waals surface area contributed by atoms with Gasteiger partial charge in [0.1, 0.15) is 5.82 Å². The van der Waals surface area contributed by atoms with E-state index in [1.165, 1.54) is 12.3 Å². The maximum Gasteiger partial charge on any atom is 0.249 e. The summed E-state index contributed by atoms with van der Waals surface area (Å²) in [6, 6.07) is 2.96. The molecule has 1 aliphatic carbocycles. The molecule has 0 unspecified atom stereocenters. The zero-order chi connectivity index (χ0) is 19.8. The van der Waals surface area contributed by atoms with Crippen LogP contribution in [-0.4, -0.2) is 20.9 Å². The van der Waals surface area contributed by atoms with Crippen LogP contribution in [0.5, 0.6) is 0 Å². The van der Waals surface area contributed by atoms with Gasteiger partial charge in [0.05, 0.1) is 30.0 Å². The number of amides is 1. The average molecular weight is 377 g/mol. The number of carbonyl (C=O) groups is 1. The number of halogens is 1. The number of hydrogen-bond acceptors (Lipinski definition) is 5. The van der Waals surface area contributed by atoms with Crippen LogP contribution in [0.3, 0.4) is 0 Å². The Morgan fingerprint density at radius 3 is 2.46 bits per heavy atom. The second-order valence-corrected chi connectivity index (χ2v) is 7.10. The lowest BCUT2D eigenvalue weighted by Crippen LogP contribution is -2.19. The second-order valence-electron chi connectivity index (χ2n) is 7.10. The normalized spacial score (nSPS) is 13.9. The number of pyridine rings is 1. The maximum atomic E-state index is 13.6. The van der Waals surface area contributed by atoms with Crippen molar-refractivity contribution >= 4 is 11.6 Å². The molecule has 4 rings (SSSR count). The van der Waals surface area contributed by atoms with E-state index in [0.717, 1.165) is 42.1 Å². The third-order valence-electron chi connectivity index (χ3n) is 5.34. The minimum absolute atomic E-state index is 0.304. The molecule has 0 spiro atoms. The monoisotopic (exact) mass is 377 g/mol. The maximum absolute atomic E-state index is 13.6. The van der Waals surface area contributed by atoms with Gasteiger partial charge in [0, 0.05) is 28.6 Å². The lowest BCUT2D eigenvalue weighted by atomic mass is 9.74. The molecule has 28 heavy (non-hydrogen) atoms. The second kappa shape index (κ2) is 6.99. The third kappa shape index (κ3) is 3.09. The van der Waals surface area contributed by atoms with Gasteiger partial charge in [0.2, 0.25) is 5.91 Å². The number of benzene rings is 1. The van der Waals surface area contributed by atoms with Crippen molar-refractivity contribution in [3.8, 4) is 22.5 Å². The summed E-state index contributed by atoms with van der Waals surface area (Å²) in [6.07, 6.45) is 9.04. The molecule has 0 aliphatic heterocycles. The number of nitrogens with two attached hydrogens (primary N) is 2. The fourth-order valence-electron chi connectivity index (χ4n) is 3.75. The summed E-state index contributed by atoms with van der Waals surface area (Å²) in [6.45, 7) is 1.89. The van der Waals surface area contributed by atoms with Crippen LogP contribution in [0.2, 0.25) is 0 Å². The van der Waals surface area contributed by atoms with Crippen LogP contribution in [-0.2, 0) is 0 Å². The molecule has 7 heteroatoms. The van der Waals surface area contributed by atoms with Gasteiger partial charge in [0.25, 0.3) is 0 Å². The molecule has 1 aliphatic rings. The summed E-state index contributed by atoms with van der Waals surface area (Å²) < 4.78 is 13.6. The van der Waals surface area contributed by atoms with Crippen molar-refractivity contribution < 1.29 is 9.18 Å². The largest absolute Gasteiger partial charge is 0.398 e. The standard InChI is InChI=1S/C21H20FN5O/c1-11-15(21(24)28)6-16(23)20(19(11)12-3-2-4-12)18-10-26-9-17(27-18)13-5-14(22)8-25-7-13/h5-10,12H,2-4,23H2,1H3,(H2,24,28). The van der Waals surface area contributed by atoms with E-state index >= 15 is 0 Å². The molecule has 3 aromatic rings. The molecule has 6 nitrogen and oxygen atoms in total. The molecular formula is C21H20FN5O. The van der Waals surface area contributed by atoms with Crippen molar-refractivity contribution in [2.75, 3.05) is 5.73 Å². The van der Waals surface area contributed by atoms with E-state index in [1.807, 2.05) is 6.92 Å². The number of anilines is 1. The summed E-state index contributed by atoms with van der Waals surface area (Å²) in [5.74, 6) is -0.638. The van der Waals surface area contributed by atoms with E-state index in [4.69, 9.17) is 11.5 Å². The predicted molar refractivity (Wildman–Crippen MR) is 105 cm³/mol. The Balaban J connectivity index is 1.91. The van der Waals surface area contributed by atoms with Gasteiger partial charge >= 0.3 is 0 Å². The Bertz CT molecular complexity index is 1080. The Kier molecular flexibility index (Phi) is 4.50. The summed E-state index contributed by atoms with van der Waals surface area (Å²) in [4.78, 5) is 24.7. The summed E-state index contributed by atoms with van der Waals surface area (Å²) in [7, 11) is 0. The predicted octanol–water partition coefficient (Wildman–Crippen LogP) is 3.60. The molecule has 1 saturated carbocycles. The first-order valence-electron chi connectivity index (χ1n) is 9.12. The van der Waals surface area contributed by atoms with Gasteiger partial charge in [-0.1, -0.05) is 6.42 Å². The zero-order valence-corrected chi connectivity index (χ0v) is 15.4. The van der Waals surface area contributed by atoms with Crippen LogP contribution >= 0.6 is 0 Å². The van der Waals surface area contributed by atoms with Crippen LogP contribution in [0.15, 0.2) is 36.9 Å². The fourth-order valence-corrected chi connectivity index (χ4v) is 3.75. The van der Waals surface area contributed by atoms with Gasteiger partial charge in [-0.25, -0.2) is 9.37 Å². The van der Waals surface area contributed by atoms with Crippen molar-refractivity contribution in [1.82, 2.24) is 15.0 Å². The first-order chi connectivity index (χ1) is 13.5. The zero-order valence-electron chi connectivity index (χ0n) is 15.4. The number of nitrogen functional groups attached to an aromatic ring is 1. The third-order valence-corrected chi connectivity index (χ3v) is 5.34. The van der Waals surface area contributed by atoms with E-state index in [0.29, 0.717) is 34.1 Å². The van der Waals surface area contributed by atoms with Crippen LogP contribution in [0.25, 0.3) is 22.5 Å². The number of nitrogens with zero attached hydrogens (tertiary/aromatic N) is 3. The highest BCUT2D eigenvalue weighted by Gasteiger charge is 2.29. The Morgan fingerprint density at radius 2 is 1.82 bits per heavy atom. The first kappa shape index (κ1) is 18.0. The molecule has 1 aromatic carbocycles. The molecule has 2 heterocycles. The topological polar surface area (TPSA) is 108 Å². The van der Waals surface area contributed by atoms with E-state index in [1.54, 1.807) is 18.5 Å². The quantitative estimate of drug-likeness (QED) is 0.676. The Hall–Kier alpha value is -3.35. The van der Waals surface area contributed by atoms with Crippen LogP contribution in [0, 0.1) is 12.7 Å². The average Bonchev–Trinajstić information content (AvgIpc) is 2.63. The molecule has 1 amide bonds. The molecular weight excluding hydrogens is 357 g/mol. The van der Waals surface area contributed by atoms with Crippen LogP contribution in [0.1, 0.15) is 46.7 Å². The lowest BCUT2D eigenvalue weighted by molar-refractivity contribution is 0.0999. The van der Waals surface area contributed by atoms with Crippen molar-refractivity contribution in [3.63, 3.8) is 0 Å². The number of rotatable bonds is 4. The van der Waals surface area contributed by atoms with Crippen molar-refractivity contribution in [2.45, 2.75) is 32.1 Å². The van der Waals surface area contributed by atoms with Crippen LogP contribution < -0.4 is 11.5 Å². The summed E-state index contributed by atoms with van der Waals surface area (Å²) in [5.41, 5.74) is 17.0. The lowest BCUT2D eigenvalue weighted by Gasteiger charge is -2.31. The van der Waals surface area contributed by atoms with Crippen LogP contribution in [0.4, 0.5) is 10.1 Å². The van der Waals surface area contributed by atoms with Gasteiger partial charge in [0.15, 0.2) is 0 Å². The molecule has 0 atom stereocenters. The number of aromatic nitrogens is 3. The molecule has 0 saturated heterocycles. The van der Waals surface area contributed by atoms with E-state index in [-0.39, 0.29) is 0 Å². The van der Waals surface area contributed by atoms with Crippen molar-refractivity contribution in [3.05, 3.63) is 59.4 Å². The first-order valence-corrected chi connectivity index (χ1v) is 9.12. The van der Waals surface area contributed by atoms with Gasteiger partial charge in [-0.15, -0.1) is 0 Å². The molecule has 4 N–H and O–H groups in total. The number of hydrogen-bond donors (Lipinski definition) is 2. The number of primary amides is 1. The van der Waals surface area contributed by atoms with Gasteiger partial charge in [-0.3, -0.25) is 14.8 Å². The van der Waals surface area contributed by atoms with Gasteiger partial charge in [-0.2, -0.15) is 0 Å². The van der Waals surface area contributed by atoms with E-state index in [9.17, 15) is 9.18 Å². The Morgan fingerprint density at radius 1 is 1.11 bits per heavy atom. The Labute approximate surface area is 161 Å². The summed E-state index contributed by atoms with van der Waals surface area (Å²) >= 11 is 0. The molecule has 2 aromatic heterocycles. The van der Waals surface area contributed by atoms with Gasteiger partial charge in [-0.05, 0) is 48.9 Å². The smallest absolute Gasteiger partial charge is 0.249 e. The SMILES string of the molecule is Cc1c(C(N)=O)cc(N)c(-c2cncc(-c3cncc(F)c3)n2)c1C1CCC1. The fraction of sp³-hybridized carbons (Fsp3) is 0.238. The van der Waals surface area contributed by atoms with Crippen molar-refractivity contribution in [1.29, 1.82) is 0 Å². The molecule has 142 valence electrons. The van der Waals surface area contributed by atoms with E-state index in [2.05, 4.69) is 15.0 Å². The highest BCUT2D eigenvalue weighted by Crippen LogP contribution is 2.45. The molecule has 0 radical (unpaired) electrons. The van der Waals surface area contributed by atoms with E-state index < -0.39 is 11.7 Å². The minimum Gasteiger partial charge on any atom is -0.398 e. The minimum atomic E-state index is -0.498. The highest BCUT2D eigenvalue weighted by molar-refractivity contribution is 5.98. The highest BCUT2D eigenvalue weighted by atomic mass is 19.1. The van der Waals surface area contributed by atoms with Gasteiger partial charge < -0.3 is 11.5 Å². The summed E-state index contributed by atoms with van der Waals surface area (Å²) in [5, 5.41) is 0. The molecule has 1 fully saturated rings.